The second kappa shape index (κ2) is 5.50. The van der Waals surface area contributed by atoms with Crippen LogP contribution >= 0.6 is 0 Å². The van der Waals surface area contributed by atoms with Crippen LogP contribution in [-0.2, 0) is 13.0 Å². The summed E-state index contributed by atoms with van der Waals surface area (Å²) < 4.78 is 1.82. The Kier molecular flexibility index (Phi) is 3.33. The van der Waals surface area contributed by atoms with Crippen molar-refractivity contribution in [2.75, 3.05) is 0 Å². The topological polar surface area (TPSA) is 59.8 Å². The predicted octanol–water partition coefficient (Wildman–Crippen LogP) is 2.87. The highest BCUT2D eigenvalue weighted by atomic mass is 16.1. The first-order valence-electron chi connectivity index (χ1n) is 7.98. The number of nitrogens with one attached hydrogen (secondary N) is 1. The Morgan fingerprint density at radius 2 is 2.17 bits per heavy atom. The van der Waals surface area contributed by atoms with Gasteiger partial charge in [-0.05, 0) is 49.1 Å². The molecular weight excluding hydrogens is 288 g/mol. The van der Waals surface area contributed by atoms with Gasteiger partial charge in [-0.25, -0.2) is 4.68 Å². The zero-order valence-electron chi connectivity index (χ0n) is 13.0. The average molecular weight is 306 g/mol. The van der Waals surface area contributed by atoms with Crippen LogP contribution in [0.5, 0.6) is 0 Å². The van der Waals surface area contributed by atoms with Crippen molar-refractivity contribution >= 4 is 16.9 Å². The number of hydrogen-bond donors (Lipinski definition) is 1. The van der Waals surface area contributed by atoms with Crippen molar-refractivity contribution in [2.24, 2.45) is 0 Å². The standard InChI is InChI=1S/C18H18N4O/c1-2-22-17-10-8-13(11-16(17)20-21-22)18(23)19-15-9-7-12-5-3-4-6-14(12)15/h3-6,8,10-11,15H,2,7,9H2,1H3,(H,19,23). The van der Waals surface area contributed by atoms with Gasteiger partial charge in [0.05, 0.1) is 11.6 Å². The molecule has 1 amide bonds. The summed E-state index contributed by atoms with van der Waals surface area (Å²) in [7, 11) is 0. The van der Waals surface area contributed by atoms with Crippen molar-refractivity contribution in [3.63, 3.8) is 0 Å². The zero-order valence-corrected chi connectivity index (χ0v) is 13.0. The van der Waals surface area contributed by atoms with Crippen LogP contribution < -0.4 is 5.32 Å². The molecule has 0 radical (unpaired) electrons. The molecule has 1 unspecified atom stereocenters. The fourth-order valence-corrected chi connectivity index (χ4v) is 3.30. The maximum Gasteiger partial charge on any atom is 0.251 e. The molecule has 0 saturated carbocycles. The SMILES string of the molecule is CCn1nnc2cc(C(=O)NC3CCc4ccccc43)ccc21. The summed E-state index contributed by atoms with van der Waals surface area (Å²) in [6.45, 7) is 2.78. The Hall–Kier alpha value is -2.69. The van der Waals surface area contributed by atoms with Crippen LogP contribution in [0.1, 0.15) is 40.9 Å². The zero-order chi connectivity index (χ0) is 15.8. The monoisotopic (exact) mass is 306 g/mol. The summed E-state index contributed by atoms with van der Waals surface area (Å²) in [5.74, 6) is -0.0559. The maximum atomic E-state index is 12.6. The van der Waals surface area contributed by atoms with Gasteiger partial charge >= 0.3 is 0 Å². The van der Waals surface area contributed by atoms with E-state index in [1.807, 2.05) is 41.9 Å². The second-order valence-electron chi connectivity index (χ2n) is 5.87. The number of carbonyl (C=O) groups excluding carboxylic acids is 1. The van der Waals surface area contributed by atoms with Crippen molar-refractivity contribution < 1.29 is 4.79 Å². The minimum Gasteiger partial charge on any atom is -0.345 e. The average Bonchev–Trinajstić information content (AvgIpc) is 3.18. The quantitative estimate of drug-likeness (QED) is 0.809. The van der Waals surface area contributed by atoms with Gasteiger partial charge < -0.3 is 5.32 Å². The van der Waals surface area contributed by atoms with Crippen molar-refractivity contribution in [3.05, 3.63) is 59.2 Å². The lowest BCUT2D eigenvalue weighted by molar-refractivity contribution is 0.0937. The molecule has 1 heterocycles. The molecule has 0 spiro atoms. The molecular formula is C18H18N4O. The van der Waals surface area contributed by atoms with Gasteiger partial charge in [0.15, 0.2) is 0 Å². The number of nitrogens with zero attached hydrogens (tertiary/aromatic N) is 3. The maximum absolute atomic E-state index is 12.6. The third kappa shape index (κ3) is 2.38. The normalized spacial score (nSPS) is 16.5. The highest BCUT2D eigenvalue weighted by Gasteiger charge is 2.24. The Bertz CT molecular complexity index is 884. The number of carbonyl (C=O) groups is 1. The molecule has 1 aromatic heterocycles. The number of benzene rings is 2. The summed E-state index contributed by atoms with van der Waals surface area (Å²) in [5, 5.41) is 11.4. The van der Waals surface area contributed by atoms with E-state index in [2.05, 4.69) is 27.8 Å². The fourth-order valence-electron chi connectivity index (χ4n) is 3.30. The van der Waals surface area contributed by atoms with E-state index in [4.69, 9.17) is 0 Å². The van der Waals surface area contributed by atoms with Gasteiger partial charge in [0.25, 0.3) is 5.91 Å². The van der Waals surface area contributed by atoms with Crippen LogP contribution in [0.4, 0.5) is 0 Å². The fraction of sp³-hybridized carbons (Fsp3) is 0.278. The van der Waals surface area contributed by atoms with Gasteiger partial charge in [-0.3, -0.25) is 4.79 Å². The van der Waals surface area contributed by atoms with Gasteiger partial charge in [-0.2, -0.15) is 0 Å². The Morgan fingerprint density at radius 3 is 3.04 bits per heavy atom. The van der Waals surface area contributed by atoms with Crippen LogP contribution in [-0.4, -0.2) is 20.9 Å². The van der Waals surface area contributed by atoms with Crippen LogP contribution in [0.25, 0.3) is 11.0 Å². The van der Waals surface area contributed by atoms with Crippen LogP contribution in [0, 0.1) is 0 Å². The number of amides is 1. The number of rotatable bonds is 3. The Labute approximate surface area is 134 Å². The van der Waals surface area contributed by atoms with Crippen LogP contribution in [0.2, 0.25) is 0 Å². The second-order valence-corrected chi connectivity index (χ2v) is 5.87. The number of hydrogen-bond acceptors (Lipinski definition) is 3. The lowest BCUT2D eigenvalue weighted by atomic mass is 10.1. The minimum atomic E-state index is -0.0559. The van der Waals surface area contributed by atoms with E-state index in [9.17, 15) is 4.79 Å². The molecule has 1 aliphatic rings. The number of aryl methyl sites for hydroxylation is 2. The van der Waals surface area contributed by atoms with Gasteiger partial charge in [0, 0.05) is 12.1 Å². The first-order chi connectivity index (χ1) is 11.3. The van der Waals surface area contributed by atoms with E-state index in [1.165, 1.54) is 11.1 Å². The molecule has 1 aliphatic carbocycles. The molecule has 0 aliphatic heterocycles. The van der Waals surface area contributed by atoms with E-state index in [0.29, 0.717) is 5.56 Å². The molecule has 116 valence electrons. The van der Waals surface area contributed by atoms with Crippen molar-refractivity contribution in [1.82, 2.24) is 20.3 Å². The molecule has 1 atom stereocenters. The van der Waals surface area contributed by atoms with Crippen LogP contribution in [0.15, 0.2) is 42.5 Å². The van der Waals surface area contributed by atoms with Crippen molar-refractivity contribution in [2.45, 2.75) is 32.4 Å². The predicted molar refractivity (Wildman–Crippen MR) is 88.2 cm³/mol. The highest BCUT2D eigenvalue weighted by Crippen LogP contribution is 2.31. The van der Waals surface area contributed by atoms with E-state index >= 15 is 0 Å². The molecule has 23 heavy (non-hydrogen) atoms. The first-order valence-corrected chi connectivity index (χ1v) is 7.98. The third-order valence-electron chi connectivity index (χ3n) is 4.51. The molecule has 0 fully saturated rings. The largest absolute Gasteiger partial charge is 0.345 e. The molecule has 5 nitrogen and oxygen atoms in total. The smallest absolute Gasteiger partial charge is 0.251 e. The van der Waals surface area contributed by atoms with E-state index in [1.54, 1.807) is 0 Å². The summed E-state index contributed by atoms with van der Waals surface area (Å²) >= 11 is 0. The summed E-state index contributed by atoms with van der Waals surface area (Å²) in [5.41, 5.74) is 4.91. The Balaban J connectivity index is 1.58. The highest BCUT2D eigenvalue weighted by molar-refractivity contribution is 5.97. The van der Waals surface area contributed by atoms with Gasteiger partial charge in [0.1, 0.15) is 5.52 Å². The summed E-state index contributed by atoms with van der Waals surface area (Å²) in [6.07, 6.45) is 1.98. The molecule has 3 aromatic rings. The van der Waals surface area contributed by atoms with Gasteiger partial charge in [-0.15, -0.1) is 5.10 Å². The van der Waals surface area contributed by atoms with E-state index < -0.39 is 0 Å². The molecule has 0 bridgehead atoms. The summed E-state index contributed by atoms with van der Waals surface area (Å²) in [6, 6.07) is 14.0. The minimum absolute atomic E-state index is 0.0559. The molecule has 4 rings (SSSR count). The summed E-state index contributed by atoms with van der Waals surface area (Å²) in [4.78, 5) is 12.6. The molecule has 2 aromatic carbocycles. The molecule has 0 saturated heterocycles. The Morgan fingerprint density at radius 1 is 1.30 bits per heavy atom. The van der Waals surface area contributed by atoms with Gasteiger partial charge in [0.2, 0.25) is 0 Å². The lowest BCUT2D eigenvalue weighted by Gasteiger charge is -2.14. The van der Waals surface area contributed by atoms with Crippen molar-refractivity contribution in [1.29, 1.82) is 0 Å². The van der Waals surface area contributed by atoms with Gasteiger partial charge in [-0.1, -0.05) is 29.5 Å². The van der Waals surface area contributed by atoms with E-state index in [-0.39, 0.29) is 11.9 Å². The first kappa shape index (κ1) is 13.9. The molecule has 5 heteroatoms. The van der Waals surface area contributed by atoms with Crippen LogP contribution in [0.3, 0.4) is 0 Å². The molecule has 1 N–H and O–H groups in total. The number of fused-ring (bicyclic) bond motifs is 2. The van der Waals surface area contributed by atoms with E-state index in [0.717, 1.165) is 30.4 Å². The third-order valence-corrected chi connectivity index (χ3v) is 4.51. The lowest BCUT2D eigenvalue weighted by Crippen LogP contribution is -2.27. The van der Waals surface area contributed by atoms with Crippen molar-refractivity contribution in [3.8, 4) is 0 Å². The number of aromatic nitrogens is 3.